The first-order chi connectivity index (χ1) is 13.1. The Kier molecular flexibility index (Phi) is 5.41. The molecule has 0 atom stereocenters. The minimum Gasteiger partial charge on any atom is -0.426 e. The monoisotopic (exact) mass is 425 g/mol. The summed E-state index contributed by atoms with van der Waals surface area (Å²) in [7, 11) is -3.94. The van der Waals surface area contributed by atoms with Crippen LogP contribution in [0.5, 0.6) is 5.75 Å². The summed E-state index contributed by atoms with van der Waals surface area (Å²) >= 11 is 0. The zero-order valence-corrected chi connectivity index (χ0v) is 17.2. The number of nitro benzene ring substituents is 1. The molecule has 1 aromatic rings. The average molecular weight is 425 g/mol. The van der Waals surface area contributed by atoms with E-state index in [1.165, 1.54) is 27.7 Å². The van der Waals surface area contributed by atoms with Gasteiger partial charge in [-0.05, 0) is 39.8 Å². The van der Waals surface area contributed by atoms with Crippen molar-refractivity contribution in [2.24, 2.45) is 10.8 Å². The number of Topliss-reactive ketones (excluding diaryl/α,β-unsaturated/α-hetero) is 1. The second kappa shape index (κ2) is 7.07. The van der Waals surface area contributed by atoms with Crippen molar-refractivity contribution >= 4 is 33.3 Å². The molecule has 1 aromatic carbocycles. The van der Waals surface area contributed by atoms with Crippen LogP contribution in [0.4, 0.5) is 5.69 Å². The molecule has 10 nitrogen and oxygen atoms in total. The van der Waals surface area contributed by atoms with Crippen LogP contribution in [-0.4, -0.2) is 37.1 Å². The van der Waals surface area contributed by atoms with Crippen molar-refractivity contribution in [3.8, 4) is 5.75 Å². The second-order valence-electron chi connectivity index (χ2n) is 7.57. The Hall–Kier alpha value is -3.08. The number of nitro groups is 1. The minimum atomic E-state index is -3.94. The van der Waals surface area contributed by atoms with Crippen LogP contribution in [0.15, 0.2) is 30.0 Å². The Morgan fingerprint density at radius 2 is 1.69 bits per heavy atom. The van der Waals surface area contributed by atoms with E-state index < -0.39 is 54.7 Å². The lowest BCUT2D eigenvalue weighted by molar-refractivity contribution is -0.385. The number of carbonyl (C=O) groups is 3. The van der Waals surface area contributed by atoms with Crippen LogP contribution in [0.25, 0.3) is 0 Å². The van der Waals surface area contributed by atoms with Gasteiger partial charge in [0.1, 0.15) is 17.1 Å². The highest BCUT2D eigenvalue weighted by Crippen LogP contribution is 2.42. The molecule has 0 heterocycles. The van der Waals surface area contributed by atoms with Crippen LogP contribution in [0.2, 0.25) is 0 Å². The van der Waals surface area contributed by atoms with Gasteiger partial charge in [-0.25, -0.2) is 4.79 Å². The molecule has 11 heteroatoms. The van der Waals surface area contributed by atoms with Crippen molar-refractivity contribution in [3.63, 3.8) is 0 Å². The zero-order valence-electron chi connectivity index (χ0n) is 16.3. The van der Waals surface area contributed by atoms with Crippen LogP contribution >= 0.6 is 0 Å². The van der Waals surface area contributed by atoms with E-state index >= 15 is 0 Å². The number of benzene rings is 1. The molecule has 0 aromatic heterocycles. The van der Waals surface area contributed by atoms with Gasteiger partial charge in [-0.15, -0.1) is 0 Å². The van der Waals surface area contributed by atoms with Gasteiger partial charge < -0.3 is 8.92 Å². The van der Waals surface area contributed by atoms with Crippen molar-refractivity contribution < 1.29 is 36.6 Å². The molecule has 29 heavy (non-hydrogen) atoms. The third-order valence-corrected chi connectivity index (χ3v) is 4.96. The van der Waals surface area contributed by atoms with Crippen LogP contribution in [0.1, 0.15) is 38.1 Å². The first-order valence-corrected chi connectivity index (χ1v) is 10.1. The predicted molar refractivity (Wildman–Crippen MR) is 99.6 cm³/mol. The van der Waals surface area contributed by atoms with E-state index in [0.29, 0.717) is 0 Å². The molecule has 0 fully saturated rings. The Balaban J connectivity index is 2.44. The fraction of sp³-hybridized carbons (Fsp3) is 0.389. The first-order valence-electron chi connectivity index (χ1n) is 8.29. The van der Waals surface area contributed by atoms with Gasteiger partial charge in [-0.1, -0.05) is 0 Å². The molecule has 0 saturated carbocycles. The number of allylic oxidation sites excluding steroid dienone is 2. The van der Waals surface area contributed by atoms with E-state index in [2.05, 4.69) is 4.18 Å². The summed E-state index contributed by atoms with van der Waals surface area (Å²) in [5.74, 6) is -2.80. The largest absolute Gasteiger partial charge is 0.426 e. The molecule has 0 amide bonds. The number of nitrogens with zero attached hydrogens (tertiary/aromatic N) is 1. The number of hydrogen-bond acceptors (Lipinski definition) is 9. The molecule has 0 radical (unpaired) electrons. The van der Waals surface area contributed by atoms with E-state index in [0.717, 1.165) is 30.5 Å². The lowest BCUT2D eigenvalue weighted by atomic mass is 9.66. The standard InChI is InChI=1S/C18H19NO9S/c1-17(2)13(20)9-14(18(3,4)16(17)22)27-15(21)11-7-6-10(28-29(5,25)26)8-12(11)19(23)24/h6-9H,1-5H3. The highest BCUT2D eigenvalue weighted by atomic mass is 32.2. The van der Waals surface area contributed by atoms with Crippen molar-refractivity contribution in [2.45, 2.75) is 27.7 Å². The van der Waals surface area contributed by atoms with Crippen LogP contribution < -0.4 is 4.18 Å². The first kappa shape index (κ1) is 22.2. The van der Waals surface area contributed by atoms with Gasteiger partial charge in [-0.2, -0.15) is 8.42 Å². The van der Waals surface area contributed by atoms with Gasteiger partial charge in [-0.3, -0.25) is 19.7 Å². The van der Waals surface area contributed by atoms with Crippen LogP contribution in [0, 0.1) is 20.9 Å². The predicted octanol–water partition coefficient (Wildman–Crippen LogP) is 2.18. The smallest absolute Gasteiger partial charge is 0.350 e. The molecule has 0 bridgehead atoms. The van der Waals surface area contributed by atoms with Crippen molar-refractivity contribution in [2.75, 3.05) is 6.26 Å². The summed E-state index contributed by atoms with van der Waals surface area (Å²) in [6.07, 6.45) is 1.79. The normalized spacial score (nSPS) is 18.0. The number of carbonyl (C=O) groups excluding carboxylic acids is 3. The molecular formula is C18H19NO9S. The number of ketones is 2. The molecular weight excluding hydrogens is 406 g/mol. The molecule has 1 aliphatic rings. The fourth-order valence-corrected chi connectivity index (χ4v) is 3.31. The maximum absolute atomic E-state index is 12.6. The maximum atomic E-state index is 12.6. The molecule has 156 valence electrons. The van der Waals surface area contributed by atoms with Gasteiger partial charge in [0.25, 0.3) is 5.69 Å². The molecule has 0 N–H and O–H groups in total. The molecule has 2 rings (SSSR count). The summed E-state index contributed by atoms with van der Waals surface area (Å²) in [6.45, 7) is 5.86. The summed E-state index contributed by atoms with van der Waals surface area (Å²) in [5, 5.41) is 11.3. The molecule has 0 aliphatic heterocycles. The Bertz CT molecular complexity index is 1060. The van der Waals surface area contributed by atoms with E-state index in [-0.39, 0.29) is 11.5 Å². The summed E-state index contributed by atoms with van der Waals surface area (Å²) in [4.78, 5) is 47.8. The number of ether oxygens (including phenoxy) is 1. The van der Waals surface area contributed by atoms with Gasteiger partial charge in [0.2, 0.25) is 0 Å². The van der Waals surface area contributed by atoms with Crippen LogP contribution in [-0.2, 0) is 24.4 Å². The molecule has 0 saturated heterocycles. The third kappa shape index (κ3) is 4.34. The van der Waals surface area contributed by atoms with Gasteiger partial charge in [0, 0.05) is 6.08 Å². The topological polar surface area (TPSA) is 147 Å². The van der Waals surface area contributed by atoms with E-state index in [1.54, 1.807) is 0 Å². The number of hydrogen-bond donors (Lipinski definition) is 0. The van der Waals surface area contributed by atoms with Gasteiger partial charge in [0.15, 0.2) is 11.6 Å². The molecule has 0 spiro atoms. The van der Waals surface area contributed by atoms with Gasteiger partial charge in [0.05, 0.1) is 28.1 Å². The SMILES string of the molecule is CC1(C)C(=O)C=C(OC(=O)c2ccc(OS(C)(=O)=O)cc2[N+](=O)[O-])C(C)(C)C1=O. The quantitative estimate of drug-likeness (QED) is 0.227. The highest BCUT2D eigenvalue weighted by molar-refractivity contribution is 7.86. The molecule has 0 unspecified atom stereocenters. The van der Waals surface area contributed by atoms with Crippen molar-refractivity contribution in [3.05, 3.63) is 45.7 Å². The Labute approximate surface area is 166 Å². The summed E-state index contributed by atoms with van der Waals surface area (Å²) in [5.41, 5.74) is -3.88. The Morgan fingerprint density at radius 3 is 2.21 bits per heavy atom. The van der Waals surface area contributed by atoms with Crippen LogP contribution in [0.3, 0.4) is 0 Å². The number of rotatable bonds is 5. The maximum Gasteiger partial charge on any atom is 0.350 e. The summed E-state index contributed by atoms with van der Waals surface area (Å²) in [6, 6.07) is 2.77. The summed E-state index contributed by atoms with van der Waals surface area (Å²) < 4.78 is 32.1. The van der Waals surface area contributed by atoms with E-state index in [9.17, 15) is 32.9 Å². The Morgan fingerprint density at radius 1 is 1.10 bits per heavy atom. The van der Waals surface area contributed by atoms with E-state index in [4.69, 9.17) is 4.74 Å². The zero-order chi connectivity index (χ0) is 22.4. The molecule has 1 aliphatic carbocycles. The fourth-order valence-electron chi connectivity index (χ4n) is 2.86. The minimum absolute atomic E-state index is 0.234. The van der Waals surface area contributed by atoms with Crippen molar-refractivity contribution in [1.29, 1.82) is 0 Å². The van der Waals surface area contributed by atoms with E-state index in [1.807, 2.05) is 0 Å². The number of esters is 1. The lowest BCUT2D eigenvalue weighted by Gasteiger charge is -2.36. The van der Waals surface area contributed by atoms with Gasteiger partial charge >= 0.3 is 16.1 Å². The lowest BCUT2D eigenvalue weighted by Crippen LogP contribution is -2.47. The average Bonchev–Trinajstić information content (AvgIpc) is 2.57. The van der Waals surface area contributed by atoms with Crippen molar-refractivity contribution in [1.82, 2.24) is 0 Å². The second-order valence-corrected chi connectivity index (χ2v) is 9.14. The highest BCUT2D eigenvalue weighted by Gasteiger charge is 2.50. The third-order valence-electron chi connectivity index (χ3n) is 4.47.